The molecule has 1 nitrogen and oxygen atoms in total. The van der Waals surface area contributed by atoms with Crippen LogP contribution < -0.4 is 24.0 Å². The third-order valence-corrected chi connectivity index (χ3v) is 5.97. The van der Waals surface area contributed by atoms with E-state index < -0.39 is 0 Å². The van der Waals surface area contributed by atoms with Crippen LogP contribution in [0.1, 0.15) is 117 Å². The van der Waals surface area contributed by atoms with Crippen molar-refractivity contribution in [1.29, 1.82) is 0 Å². The topological polar surface area (TPSA) is 0 Å². The normalized spacial score (nSPS) is 11.5. The van der Waals surface area contributed by atoms with E-state index in [0.29, 0.717) is 0 Å². The van der Waals surface area contributed by atoms with Crippen molar-refractivity contribution in [3.63, 3.8) is 0 Å². The Hall–Kier alpha value is 0.980. The lowest BCUT2D eigenvalue weighted by atomic mass is 10.1. The van der Waals surface area contributed by atoms with Crippen LogP contribution in [-0.4, -0.2) is 30.6 Å². The average molecular weight is 488 g/mol. The summed E-state index contributed by atoms with van der Waals surface area (Å²) in [4.78, 5) is 0. The SMILES string of the molecule is CCCCCCCCCC[N+](C)(CCl)CCCCCCCCCC.[I-]. The van der Waals surface area contributed by atoms with Gasteiger partial charge in [0.15, 0.2) is 6.00 Å². The Morgan fingerprint density at radius 3 is 1.08 bits per heavy atom. The maximum atomic E-state index is 6.28. The second kappa shape index (κ2) is 21.3. The van der Waals surface area contributed by atoms with E-state index in [1.165, 1.54) is 116 Å². The number of unbranched alkanes of at least 4 members (excludes halogenated alkanes) is 14. The monoisotopic (exact) mass is 487 g/mol. The number of hydrogen-bond acceptors (Lipinski definition) is 0. The first-order chi connectivity index (χ1) is 11.7. The molecule has 0 radical (unpaired) electrons. The molecule has 0 unspecified atom stereocenters. The molecule has 0 aliphatic heterocycles. The van der Waals surface area contributed by atoms with Crippen molar-refractivity contribution in [3.8, 4) is 0 Å². The fourth-order valence-electron chi connectivity index (χ4n) is 3.49. The molecule has 0 bridgehead atoms. The summed E-state index contributed by atoms with van der Waals surface area (Å²) in [5.74, 6) is 0. The summed E-state index contributed by atoms with van der Waals surface area (Å²) in [5, 5.41) is 0. The van der Waals surface area contributed by atoms with Crippen molar-refractivity contribution >= 4 is 11.6 Å². The van der Waals surface area contributed by atoms with E-state index in [-0.39, 0.29) is 24.0 Å². The zero-order valence-electron chi connectivity index (χ0n) is 17.6. The minimum Gasteiger partial charge on any atom is -1.00 e. The molecule has 0 saturated heterocycles. The van der Waals surface area contributed by atoms with Crippen LogP contribution in [-0.2, 0) is 0 Å². The van der Waals surface area contributed by atoms with Crippen LogP contribution in [0, 0.1) is 0 Å². The van der Waals surface area contributed by atoms with Gasteiger partial charge in [-0.3, -0.25) is 0 Å². The molecule has 0 aromatic heterocycles. The first kappa shape index (κ1) is 28.2. The molecular formula is C22H47ClIN. The minimum atomic E-state index is 0. The fourth-order valence-corrected chi connectivity index (χ4v) is 3.73. The molecule has 0 amide bonds. The Kier molecular flexibility index (Phi) is 24.0. The van der Waals surface area contributed by atoms with E-state index in [9.17, 15) is 0 Å². The molecule has 0 rings (SSSR count). The quantitative estimate of drug-likeness (QED) is 0.0798. The highest BCUT2D eigenvalue weighted by Gasteiger charge is 2.18. The Morgan fingerprint density at radius 2 is 0.800 bits per heavy atom. The second-order valence-electron chi connectivity index (χ2n) is 8.14. The Labute approximate surface area is 182 Å². The van der Waals surface area contributed by atoms with E-state index in [0.717, 1.165) is 10.5 Å². The van der Waals surface area contributed by atoms with Gasteiger partial charge >= 0.3 is 0 Å². The van der Waals surface area contributed by atoms with Gasteiger partial charge in [0.25, 0.3) is 0 Å². The standard InChI is InChI=1S/C22H47ClN.HI/c1-4-6-8-10-12-14-16-18-20-24(3,22-23)21-19-17-15-13-11-9-7-5-2;/h4-22H2,1-3H3;1H/q+1;/p-1. The van der Waals surface area contributed by atoms with Gasteiger partial charge < -0.3 is 28.5 Å². The van der Waals surface area contributed by atoms with Crippen molar-refractivity contribution in [2.45, 2.75) is 117 Å². The molecule has 0 fully saturated rings. The molecule has 0 atom stereocenters. The lowest BCUT2D eigenvalue weighted by Gasteiger charge is -2.32. The molecule has 0 heterocycles. The summed E-state index contributed by atoms with van der Waals surface area (Å²) in [5.41, 5.74) is 0. The fraction of sp³-hybridized carbons (Fsp3) is 1.00. The molecule has 0 aromatic carbocycles. The largest absolute Gasteiger partial charge is 1.00 e. The molecule has 25 heavy (non-hydrogen) atoms. The van der Waals surface area contributed by atoms with Crippen molar-refractivity contribution in [1.82, 2.24) is 0 Å². The van der Waals surface area contributed by atoms with E-state index in [1.807, 2.05) is 0 Å². The van der Waals surface area contributed by atoms with Gasteiger partial charge in [0.2, 0.25) is 0 Å². The highest BCUT2D eigenvalue weighted by molar-refractivity contribution is 6.16. The van der Waals surface area contributed by atoms with Crippen LogP contribution in [0.3, 0.4) is 0 Å². The van der Waals surface area contributed by atoms with E-state index in [1.54, 1.807) is 0 Å². The van der Waals surface area contributed by atoms with Crippen molar-refractivity contribution < 1.29 is 28.5 Å². The van der Waals surface area contributed by atoms with Gasteiger partial charge in [0.05, 0.1) is 20.1 Å². The van der Waals surface area contributed by atoms with Gasteiger partial charge in [0, 0.05) is 0 Å². The predicted molar refractivity (Wildman–Crippen MR) is 112 cm³/mol. The molecule has 0 N–H and O–H groups in total. The highest BCUT2D eigenvalue weighted by Crippen LogP contribution is 2.15. The molecule has 0 spiro atoms. The number of halogens is 2. The summed E-state index contributed by atoms with van der Waals surface area (Å²) in [6, 6.07) is 0.785. The maximum absolute atomic E-state index is 6.28. The van der Waals surface area contributed by atoms with Crippen molar-refractivity contribution in [2.24, 2.45) is 0 Å². The smallest absolute Gasteiger partial charge is 0.154 e. The van der Waals surface area contributed by atoms with Crippen LogP contribution >= 0.6 is 11.6 Å². The van der Waals surface area contributed by atoms with Gasteiger partial charge in [-0.15, -0.1) is 0 Å². The van der Waals surface area contributed by atoms with Crippen LogP contribution in [0.5, 0.6) is 0 Å². The van der Waals surface area contributed by atoms with Gasteiger partial charge in [-0.1, -0.05) is 102 Å². The maximum Gasteiger partial charge on any atom is 0.154 e. The van der Waals surface area contributed by atoms with Crippen LogP contribution in [0.25, 0.3) is 0 Å². The Balaban J connectivity index is 0. The number of nitrogens with zero attached hydrogens (tertiary/aromatic N) is 1. The minimum absolute atomic E-state index is 0. The third kappa shape index (κ3) is 19.5. The lowest BCUT2D eigenvalue weighted by Crippen LogP contribution is -3.00. The summed E-state index contributed by atoms with van der Waals surface area (Å²) >= 11 is 6.28. The first-order valence-electron chi connectivity index (χ1n) is 11.1. The molecular weight excluding hydrogens is 441 g/mol. The molecule has 154 valence electrons. The van der Waals surface area contributed by atoms with Gasteiger partial charge in [0.1, 0.15) is 0 Å². The Bertz CT molecular complexity index is 228. The summed E-state index contributed by atoms with van der Waals surface area (Å²) in [6.07, 6.45) is 22.5. The van der Waals surface area contributed by atoms with E-state index >= 15 is 0 Å². The van der Waals surface area contributed by atoms with Crippen molar-refractivity contribution in [2.75, 3.05) is 26.1 Å². The second-order valence-corrected chi connectivity index (χ2v) is 8.38. The first-order valence-corrected chi connectivity index (χ1v) is 11.6. The molecule has 3 heteroatoms. The van der Waals surface area contributed by atoms with Crippen molar-refractivity contribution in [3.05, 3.63) is 0 Å². The third-order valence-electron chi connectivity index (χ3n) is 5.39. The number of rotatable bonds is 19. The van der Waals surface area contributed by atoms with Gasteiger partial charge in [-0.2, -0.15) is 0 Å². The highest BCUT2D eigenvalue weighted by atomic mass is 127. The lowest BCUT2D eigenvalue weighted by molar-refractivity contribution is -0.899. The number of hydrogen-bond donors (Lipinski definition) is 0. The van der Waals surface area contributed by atoms with Gasteiger partial charge in [-0.05, 0) is 25.7 Å². The van der Waals surface area contributed by atoms with Gasteiger partial charge in [-0.25, -0.2) is 0 Å². The number of quaternary nitrogens is 1. The predicted octanol–water partition coefficient (Wildman–Crippen LogP) is 4.91. The molecule has 0 aliphatic rings. The zero-order chi connectivity index (χ0) is 17.9. The zero-order valence-corrected chi connectivity index (χ0v) is 20.6. The van der Waals surface area contributed by atoms with E-state index in [4.69, 9.17) is 11.6 Å². The van der Waals surface area contributed by atoms with E-state index in [2.05, 4.69) is 20.9 Å². The molecule has 0 aromatic rings. The summed E-state index contributed by atoms with van der Waals surface area (Å²) in [6.45, 7) is 7.12. The molecule has 0 saturated carbocycles. The van der Waals surface area contributed by atoms with Crippen LogP contribution in [0.15, 0.2) is 0 Å². The Morgan fingerprint density at radius 1 is 0.520 bits per heavy atom. The average Bonchev–Trinajstić information content (AvgIpc) is 2.59. The summed E-state index contributed by atoms with van der Waals surface area (Å²) < 4.78 is 1.08. The van der Waals surface area contributed by atoms with Crippen LogP contribution in [0.2, 0.25) is 0 Å². The van der Waals surface area contributed by atoms with Crippen LogP contribution in [0.4, 0.5) is 0 Å². The molecule has 0 aliphatic carbocycles. The summed E-state index contributed by atoms with van der Waals surface area (Å²) in [7, 11) is 2.36. The number of alkyl halides is 1.